The zero-order valence-corrected chi connectivity index (χ0v) is 15.9. The van der Waals surface area contributed by atoms with E-state index in [4.69, 9.17) is 5.73 Å². The average Bonchev–Trinajstić information content (AvgIpc) is 3.18. The van der Waals surface area contributed by atoms with Crippen LogP contribution in [0.5, 0.6) is 0 Å². The summed E-state index contributed by atoms with van der Waals surface area (Å²) in [4.78, 5) is 14.8. The number of hydrogen-bond acceptors (Lipinski definition) is 3. The number of rotatable bonds is 4. The van der Waals surface area contributed by atoms with E-state index in [1.54, 1.807) is 0 Å². The molecular formula is C18H29Cl2N3O. The van der Waals surface area contributed by atoms with Gasteiger partial charge in [-0.1, -0.05) is 12.1 Å². The molecule has 3 rings (SSSR count). The van der Waals surface area contributed by atoms with Crippen molar-refractivity contribution in [2.45, 2.75) is 51.1 Å². The lowest BCUT2D eigenvalue weighted by Gasteiger charge is -2.21. The van der Waals surface area contributed by atoms with Crippen LogP contribution in [-0.4, -0.2) is 25.0 Å². The SMILES string of the molecule is CC(NC(=O)C1CCC(N)C1)c1cccc(N2CCCC2)c1.Cl.Cl. The molecule has 136 valence electrons. The quantitative estimate of drug-likeness (QED) is 0.849. The lowest BCUT2D eigenvalue weighted by molar-refractivity contribution is -0.125. The van der Waals surface area contributed by atoms with Gasteiger partial charge in [-0.25, -0.2) is 0 Å². The molecule has 1 saturated carbocycles. The van der Waals surface area contributed by atoms with E-state index in [2.05, 4.69) is 41.4 Å². The predicted molar refractivity (Wildman–Crippen MR) is 104 cm³/mol. The van der Waals surface area contributed by atoms with Crippen LogP contribution in [0.2, 0.25) is 0 Å². The number of nitrogens with one attached hydrogen (secondary N) is 1. The van der Waals surface area contributed by atoms with Crippen molar-refractivity contribution in [2.75, 3.05) is 18.0 Å². The van der Waals surface area contributed by atoms with E-state index in [-0.39, 0.29) is 48.7 Å². The monoisotopic (exact) mass is 373 g/mol. The van der Waals surface area contributed by atoms with Crippen LogP contribution < -0.4 is 16.0 Å². The first-order valence-electron chi connectivity index (χ1n) is 8.54. The lowest BCUT2D eigenvalue weighted by Crippen LogP contribution is -2.32. The van der Waals surface area contributed by atoms with Gasteiger partial charge in [0.25, 0.3) is 0 Å². The minimum absolute atomic E-state index is 0. The fraction of sp³-hybridized carbons (Fsp3) is 0.611. The summed E-state index contributed by atoms with van der Waals surface area (Å²) >= 11 is 0. The first-order chi connectivity index (χ1) is 10.6. The van der Waals surface area contributed by atoms with Gasteiger partial charge in [-0.05, 0) is 56.7 Å². The van der Waals surface area contributed by atoms with Crippen molar-refractivity contribution in [3.63, 3.8) is 0 Å². The second-order valence-corrected chi connectivity index (χ2v) is 6.79. The summed E-state index contributed by atoms with van der Waals surface area (Å²) in [5.41, 5.74) is 8.37. The Kier molecular flexibility index (Phi) is 8.34. The van der Waals surface area contributed by atoms with Crippen molar-refractivity contribution >= 4 is 36.4 Å². The second-order valence-electron chi connectivity index (χ2n) is 6.79. The van der Waals surface area contributed by atoms with Crippen LogP contribution in [0.4, 0.5) is 5.69 Å². The highest BCUT2D eigenvalue weighted by molar-refractivity contribution is 5.85. The zero-order chi connectivity index (χ0) is 15.5. The minimum atomic E-state index is 0. The van der Waals surface area contributed by atoms with E-state index in [1.807, 2.05) is 0 Å². The Bertz CT molecular complexity index is 535. The van der Waals surface area contributed by atoms with Crippen molar-refractivity contribution in [3.8, 4) is 0 Å². The van der Waals surface area contributed by atoms with E-state index in [0.29, 0.717) is 0 Å². The maximum atomic E-state index is 12.3. The molecule has 2 fully saturated rings. The molecule has 3 N–H and O–H groups in total. The van der Waals surface area contributed by atoms with Gasteiger partial charge in [-0.15, -0.1) is 24.8 Å². The molecule has 0 aromatic heterocycles. The molecular weight excluding hydrogens is 345 g/mol. The molecule has 1 heterocycles. The molecule has 4 nitrogen and oxygen atoms in total. The van der Waals surface area contributed by atoms with Crippen molar-refractivity contribution in [1.82, 2.24) is 5.32 Å². The number of amides is 1. The first kappa shape index (κ1) is 21.1. The van der Waals surface area contributed by atoms with Crippen LogP contribution >= 0.6 is 24.8 Å². The number of anilines is 1. The molecule has 0 radical (unpaired) electrons. The molecule has 3 unspecified atom stereocenters. The van der Waals surface area contributed by atoms with Crippen LogP contribution in [0, 0.1) is 5.92 Å². The van der Waals surface area contributed by atoms with E-state index < -0.39 is 0 Å². The summed E-state index contributed by atoms with van der Waals surface area (Å²) in [7, 11) is 0. The summed E-state index contributed by atoms with van der Waals surface area (Å²) in [6.45, 7) is 4.35. The minimum Gasteiger partial charge on any atom is -0.372 e. The Hall–Kier alpha value is -0.970. The van der Waals surface area contributed by atoms with Crippen LogP contribution in [-0.2, 0) is 4.79 Å². The van der Waals surface area contributed by atoms with Gasteiger partial charge in [0.15, 0.2) is 0 Å². The third kappa shape index (κ3) is 5.01. The number of nitrogens with two attached hydrogens (primary N) is 1. The molecule has 0 spiro atoms. The Morgan fingerprint density at radius 2 is 1.96 bits per heavy atom. The number of benzene rings is 1. The molecule has 1 aromatic carbocycles. The standard InChI is InChI=1S/C18H27N3O.2ClH/c1-13(20-18(22)15-7-8-16(19)11-15)14-5-4-6-17(12-14)21-9-2-3-10-21;;/h4-6,12-13,15-16H,2-3,7-11,19H2,1H3,(H,20,22);2*1H. The number of nitrogens with zero attached hydrogens (tertiary/aromatic N) is 1. The number of halogens is 2. The van der Waals surface area contributed by atoms with Crippen molar-refractivity contribution < 1.29 is 4.79 Å². The van der Waals surface area contributed by atoms with Gasteiger partial charge in [0.1, 0.15) is 0 Å². The normalized spacial score (nSPS) is 24.0. The van der Waals surface area contributed by atoms with Gasteiger partial charge >= 0.3 is 0 Å². The van der Waals surface area contributed by atoms with Gasteiger partial charge in [-0.2, -0.15) is 0 Å². The van der Waals surface area contributed by atoms with Crippen LogP contribution in [0.25, 0.3) is 0 Å². The molecule has 2 aliphatic rings. The van der Waals surface area contributed by atoms with Gasteiger partial charge in [0.05, 0.1) is 6.04 Å². The van der Waals surface area contributed by atoms with Crippen molar-refractivity contribution in [1.29, 1.82) is 0 Å². The summed E-state index contributed by atoms with van der Waals surface area (Å²) in [5.74, 6) is 0.256. The Morgan fingerprint density at radius 1 is 1.25 bits per heavy atom. The first-order valence-corrected chi connectivity index (χ1v) is 8.54. The van der Waals surface area contributed by atoms with Gasteiger partial charge in [0, 0.05) is 30.7 Å². The molecule has 3 atom stereocenters. The summed E-state index contributed by atoms with van der Waals surface area (Å²) < 4.78 is 0. The predicted octanol–water partition coefficient (Wildman–Crippen LogP) is 3.44. The summed E-state index contributed by atoms with van der Waals surface area (Å²) in [6, 6.07) is 8.83. The summed E-state index contributed by atoms with van der Waals surface area (Å²) in [5, 5.41) is 3.16. The van der Waals surface area contributed by atoms with Gasteiger partial charge in [0.2, 0.25) is 5.91 Å². The molecule has 1 aliphatic carbocycles. The third-order valence-electron chi connectivity index (χ3n) is 5.04. The molecule has 1 aliphatic heterocycles. The van der Waals surface area contributed by atoms with Crippen LogP contribution in [0.1, 0.15) is 50.6 Å². The highest BCUT2D eigenvalue weighted by Crippen LogP contribution is 2.27. The van der Waals surface area contributed by atoms with E-state index in [1.165, 1.54) is 24.1 Å². The second kappa shape index (κ2) is 9.50. The highest BCUT2D eigenvalue weighted by Gasteiger charge is 2.28. The zero-order valence-electron chi connectivity index (χ0n) is 14.2. The largest absolute Gasteiger partial charge is 0.372 e. The number of carbonyl (C=O) groups excluding carboxylic acids is 1. The molecule has 0 bridgehead atoms. The molecule has 24 heavy (non-hydrogen) atoms. The fourth-order valence-electron chi connectivity index (χ4n) is 3.64. The van der Waals surface area contributed by atoms with E-state index in [9.17, 15) is 4.79 Å². The van der Waals surface area contributed by atoms with Crippen molar-refractivity contribution in [2.24, 2.45) is 11.7 Å². The fourth-order valence-corrected chi connectivity index (χ4v) is 3.64. The topological polar surface area (TPSA) is 58.4 Å². The third-order valence-corrected chi connectivity index (χ3v) is 5.04. The van der Waals surface area contributed by atoms with Crippen molar-refractivity contribution in [3.05, 3.63) is 29.8 Å². The van der Waals surface area contributed by atoms with Crippen LogP contribution in [0.3, 0.4) is 0 Å². The van der Waals surface area contributed by atoms with E-state index in [0.717, 1.165) is 32.4 Å². The number of carbonyl (C=O) groups is 1. The van der Waals surface area contributed by atoms with Gasteiger partial charge in [-0.3, -0.25) is 4.79 Å². The summed E-state index contributed by atoms with van der Waals surface area (Å²) in [6.07, 6.45) is 5.27. The molecule has 1 saturated heterocycles. The van der Waals surface area contributed by atoms with E-state index >= 15 is 0 Å². The van der Waals surface area contributed by atoms with Gasteiger partial charge < -0.3 is 16.0 Å². The number of hydrogen-bond donors (Lipinski definition) is 2. The highest BCUT2D eigenvalue weighted by atomic mass is 35.5. The Morgan fingerprint density at radius 3 is 2.58 bits per heavy atom. The molecule has 1 aromatic rings. The molecule has 1 amide bonds. The smallest absolute Gasteiger partial charge is 0.223 e. The molecule has 6 heteroatoms. The maximum absolute atomic E-state index is 12.3. The average molecular weight is 374 g/mol. The Balaban J connectivity index is 0.00000144. The maximum Gasteiger partial charge on any atom is 0.223 e. The lowest BCUT2D eigenvalue weighted by atomic mass is 10.0. The Labute approximate surface area is 157 Å². The van der Waals surface area contributed by atoms with Crippen LogP contribution in [0.15, 0.2) is 24.3 Å².